The van der Waals surface area contributed by atoms with Crippen molar-refractivity contribution in [2.75, 3.05) is 30.8 Å². The molecule has 2 N–H and O–H groups in total. The number of amides is 2. The molecule has 6 heteroatoms. The number of carbonyl (C=O) groups excluding carboxylic acids is 1. The SMILES string of the molecule is COc1ccccc1NC(=O)N1CCCC(Nc2cccc(F)c2)C1. The van der Waals surface area contributed by atoms with E-state index in [0.717, 1.165) is 18.5 Å². The number of piperidine rings is 1. The number of hydrogen-bond acceptors (Lipinski definition) is 3. The molecule has 1 unspecified atom stereocenters. The Labute approximate surface area is 146 Å². The van der Waals surface area contributed by atoms with Gasteiger partial charge in [0.25, 0.3) is 0 Å². The second-order valence-corrected chi connectivity index (χ2v) is 6.07. The summed E-state index contributed by atoms with van der Waals surface area (Å²) in [5.74, 6) is 0.355. The van der Waals surface area contributed by atoms with E-state index < -0.39 is 0 Å². The predicted octanol–water partition coefficient (Wildman–Crippen LogP) is 3.94. The van der Waals surface area contributed by atoms with E-state index in [-0.39, 0.29) is 17.9 Å². The fourth-order valence-corrected chi connectivity index (χ4v) is 3.04. The zero-order chi connectivity index (χ0) is 17.6. The van der Waals surface area contributed by atoms with Crippen molar-refractivity contribution in [2.24, 2.45) is 0 Å². The van der Waals surface area contributed by atoms with E-state index in [0.29, 0.717) is 24.5 Å². The van der Waals surface area contributed by atoms with E-state index in [2.05, 4.69) is 10.6 Å². The largest absolute Gasteiger partial charge is 0.495 e. The van der Waals surface area contributed by atoms with E-state index in [1.807, 2.05) is 24.3 Å². The van der Waals surface area contributed by atoms with Gasteiger partial charge in [-0.05, 0) is 43.2 Å². The molecule has 132 valence electrons. The molecule has 25 heavy (non-hydrogen) atoms. The zero-order valence-corrected chi connectivity index (χ0v) is 14.2. The van der Waals surface area contributed by atoms with Gasteiger partial charge >= 0.3 is 6.03 Å². The van der Waals surface area contributed by atoms with Crippen LogP contribution >= 0.6 is 0 Å². The highest BCUT2D eigenvalue weighted by atomic mass is 19.1. The fraction of sp³-hybridized carbons (Fsp3) is 0.316. The minimum absolute atomic E-state index is 0.0963. The molecular weight excluding hydrogens is 321 g/mol. The maximum atomic E-state index is 13.3. The molecular formula is C19H22FN3O2. The van der Waals surface area contributed by atoms with Crippen LogP contribution in [0.3, 0.4) is 0 Å². The molecule has 1 heterocycles. The summed E-state index contributed by atoms with van der Waals surface area (Å²) >= 11 is 0. The van der Waals surface area contributed by atoms with Crippen molar-refractivity contribution in [3.05, 3.63) is 54.3 Å². The predicted molar refractivity (Wildman–Crippen MR) is 96.6 cm³/mol. The highest BCUT2D eigenvalue weighted by Gasteiger charge is 2.24. The molecule has 1 fully saturated rings. The number of hydrogen-bond donors (Lipinski definition) is 2. The highest BCUT2D eigenvalue weighted by Crippen LogP contribution is 2.24. The van der Waals surface area contributed by atoms with E-state index in [9.17, 15) is 9.18 Å². The van der Waals surface area contributed by atoms with Crippen LogP contribution in [0, 0.1) is 5.82 Å². The number of halogens is 1. The van der Waals surface area contributed by atoms with Crippen LogP contribution in [-0.4, -0.2) is 37.2 Å². The van der Waals surface area contributed by atoms with Crippen molar-refractivity contribution >= 4 is 17.4 Å². The maximum absolute atomic E-state index is 13.3. The summed E-state index contributed by atoms with van der Waals surface area (Å²) in [6.07, 6.45) is 1.83. The van der Waals surface area contributed by atoms with Crippen LogP contribution in [0.4, 0.5) is 20.6 Å². The third kappa shape index (κ3) is 4.41. The van der Waals surface area contributed by atoms with Gasteiger partial charge in [-0.3, -0.25) is 0 Å². The summed E-state index contributed by atoms with van der Waals surface area (Å²) < 4.78 is 18.6. The van der Waals surface area contributed by atoms with Crippen LogP contribution in [0.2, 0.25) is 0 Å². The van der Waals surface area contributed by atoms with Crippen molar-refractivity contribution in [3.8, 4) is 5.75 Å². The van der Waals surface area contributed by atoms with Gasteiger partial charge in [-0.1, -0.05) is 18.2 Å². The average molecular weight is 343 g/mol. The summed E-state index contributed by atoms with van der Waals surface area (Å²) in [4.78, 5) is 14.3. The van der Waals surface area contributed by atoms with Crippen molar-refractivity contribution in [1.29, 1.82) is 0 Å². The van der Waals surface area contributed by atoms with Crippen LogP contribution < -0.4 is 15.4 Å². The van der Waals surface area contributed by atoms with Crippen LogP contribution in [0.15, 0.2) is 48.5 Å². The maximum Gasteiger partial charge on any atom is 0.322 e. The first-order valence-electron chi connectivity index (χ1n) is 8.37. The third-order valence-electron chi connectivity index (χ3n) is 4.25. The molecule has 1 aliphatic heterocycles. The normalized spacial score (nSPS) is 17.0. The molecule has 3 rings (SSSR count). The quantitative estimate of drug-likeness (QED) is 0.884. The molecule has 0 aliphatic carbocycles. The van der Waals surface area contributed by atoms with Crippen molar-refractivity contribution in [1.82, 2.24) is 4.90 Å². The second-order valence-electron chi connectivity index (χ2n) is 6.07. The Morgan fingerprint density at radius 1 is 1.24 bits per heavy atom. The Bertz CT molecular complexity index is 738. The van der Waals surface area contributed by atoms with Gasteiger partial charge in [0.2, 0.25) is 0 Å². The zero-order valence-electron chi connectivity index (χ0n) is 14.2. The fourth-order valence-electron chi connectivity index (χ4n) is 3.04. The molecule has 1 atom stereocenters. The van der Waals surface area contributed by atoms with Crippen LogP contribution in [0.5, 0.6) is 5.75 Å². The van der Waals surface area contributed by atoms with Crippen molar-refractivity contribution in [3.63, 3.8) is 0 Å². The molecule has 0 saturated carbocycles. The minimum Gasteiger partial charge on any atom is -0.495 e. The molecule has 0 radical (unpaired) electrons. The molecule has 1 aliphatic rings. The monoisotopic (exact) mass is 343 g/mol. The Morgan fingerprint density at radius 2 is 2.08 bits per heavy atom. The molecule has 0 bridgehead atoms. The first-order chi connectivity index (χ1) is 12.2. The summed E-state index contributed by atoms with van der Waals surface area (Å²) in [6, 6.07) is 13.6. The number of likely N-dealkylation sites (tertiary alicyclic amines) is 1. The average Bonchev–Trinajstić information content (AvgIpc) is 2.62. The van der Waals surface area contributed by atoms with E-state index in [1.54, 1.807) is 24.1 Å². The Morgan fingerprint density at radius 3 is 2.88 bits per heavy atom. The van der Waals surface area contributed by atoms with Gasteiger partial charge in [0.1, 0.15) is 11.6 Å². The summed E-state index contributed by atoms with van der Waals surface area (Å²) in [5.41, 5.74) is 1.38. The smallest absolute Gasteiger partial charge is 0.322 e. The first kappa shape index (κ1) is 17.1. The lowest BCUT2D eigenvalue weighted by atomic mass is 10.1. The topological polar surface area (TPSA) is 53.6 Å². The summed E-state index contributed by atoms with van der Waals surface area (Å²) in [7, 11) is 1.57. The number of rotatable bonds is 4. The number of ether oxygens (including phenoxy) is 1. The van der Waals surface area contributed by atoms with Crippen molar-refractivity contribution in [2.45, 2.75) is 18.9 Å². The van der Waals surface area contributed by atoms with Gasteiger partial charge in [0.05, 0.1) is 12.8 Å². The van der Waals surface area contributed by atoms with Gasteiger partial charge < -0.3 is 20.3 Å². The number of nitrogens with one attached hydrogen (secondary N) is 2. The third-order valence-corrected chi connectivity index (χ3v) is 4.25. The lowest BCUT2D eigenvalue weighted by Crippen LogP contribution is -2.46. The lowest BCUT2D eigenvalue weighted by molar-refractivity contribution is 0.196. The minimum atomic E-state index is -0.272. The molecule has 1 saturated heterocycles. The van der Waals surface area contributed by atoms with E-state index in [1.165, 1.54) is 12.1 Å². The van der Waals surface area contributed by atoms with Crippen LogP contribution in [0.25, 0.3) is 0 Å². The van der Waals surface area contributed by atoms with E-state index >= 15 is 0 Å². The molecule has 2 aromatic carbocycles. The molecule has 5 nitrogen and oxygen atoms in total. The van der Waals surface area contributed by atoms with Gasteiger partial charge in [0, 0.05) is 24.8 Å². The standard InChI is InChI=1S/C19H22FN3O2/c1-25-18-10-3-2-9-17(18)22-19(24)23-11-5-8-16(13-23)21-15-7-4-6-14(20)12-15/h2-4,6-7,9-10,12,16,21H,5,8,11,13H2,1H3,(H,22,24). The highest BCUT2D eigenvalue weighted by molar-refractivity contribution is 5.91. The number of benzene rings is 2. The Balaban J connectivity index is 1.61. The van der Waals surface area contributed by atoms with E-state index in [4.69, 9.17) is 4.74 Å². The van der Waals surface area contributed by atoms with Crippen LogP contribution in [0.1, 0.15) is 12.8 Å². The molecule has 2 aromatic rings. The molecule has 0 spiro atoms. The number of para-hydroxylation sites is 2. The first-order valence-corrected chi connectivity index (χ1v) is 8.37. The number of anilines is 2. The van der Waals surface area contributed by atoms with Crippen LogP contribution in [-0.2, 0) is 0 Å². The Kier molecular flexibility index (Phi) is 5.38. The second kappa shape index (κ2) is 7.88. The number of methoxy groups -OCH3 is 1. The summed E-state index contributed by atoms with van der Waals surface area (Å²) in [5, 5.41) is 6.21. The summed E-state index contributed by atoms with van der Waals surface area (Å²) in [6.45, 7) is 1.26. The number of carbonyl (C=O) groups is 1. The lowest BCUT2D eigenvalue weighted by Gasteiger charge is -2.33. The van der Waals surface area contributed by atoms with Gasteiger partial charge in [-0.15, -0.1) is 0 Å². The van der Waals surface area contributed by atoms with Gasteiger partial charge in [-0.2, -0.15) is 0 Å². The number of urea groups is 1. The molecule has 0 aromatic heterocycles. The van der Waals surface area contributed by atoms with Crippen molar-refractivity contribution < 1.29 is 13.9 Å². The number of nitrogens with zero attached hydrogens (tertiary/aromatic N) is 1. The Hall–Kier alpha value is -2.76. The molecule has 2 amide bonds. The van der Waals surface area contributed by atoms with Gasteiger partial charge in [0.15, 0.2) is 0 Å². The van der Waals surface area contributed by atoms with Gasteiger partial charge in [-0.25, -0.2) is 9.18 Å².